The number of nitrogens with zero attached hydrogens (tertiary/aromatic N) is 1. The van der Waals surface area contributed by atoms with Crippen molar-refractivity contribution in [3.63, 3.8) is 0 Å². The van der Waals surface area contributed by atoms with Gasteiger partial charge >= 0.3 is 11.7 Å². The van der Waals surface area contributed by atoms with Crippen LogP contribution in [0.1, 0.15) is 63.6 Å². The van der Waals surface area contributed by atoms with E-state index in [-0.39, 0.29) is 28.9 Å². The minimum absolute atomic E-state index is 0.0412. The number of H-pyrrole nitrogens is 1. The van der Waals surface area contributed by atoms with E-state index in [2.05, 4.69) is 50.0 Å². The molecule has 1 saturated carbocycles. The van der Waals surface area contributed by atoms with Gasteiger partial charge in [0.25, 0.3) is 5.56 Å². The zero-order chi connectivity index (χ0) is 23.8. The molecule has 1 aromatic heterocycles. The fourth-order valence-electron chi connectivity index (χ4n) is 5.08. The topological polar surface area (TPSA) is 92.2 Å². The number of carbonyl (C=O) groups is 1. The number of aliphatic carboxylic acids is 1. The number of aromatic amines is 1. The van der Waals surface area contributed by atoms with Crippen LogP contribution >= 0.6 is 0 Å². The zero-order valence-corrected chi connectivity index (χ0v) is 19.5. The highest BCUT2D eigenvalue weighted by molar-refractivity contribution is 5.76. The van der Waals surface area contributed by atoms with Crippen molar-refractivity contribution in [2.45, 2.75) is 64.3 Å². The number of carboxylic acids is 1. The standard InChI is InChI=1S/C27H32N2O4/c1-27(2,3)20-14-8-17(9-15-20)16-23(18-10-12-19(13-11-18)25(31)32)29-24(30)21-6-4-5-7-22(21)28-26(29)33/h4-9,14-15,18-19,23H,10-13,16H2,1-3H3,(H,28,33)(H,31,32). The molecule has 6 nitrogen and oxygen atoms in total. The van der Waals surface area contributed by atoms with Gasteiger partial charge in [0.15, 0.2) is 0 Å². The van der Waals surface area contributed by atoms with Gasteiger partial charge in [-0.15, -0.1) is 0 Å². The van der Waals surface area contributed by atoms with Crippen LogP contribution in [-0.2, 0) is 16.6 Å². The Balaban J connectivity index is 1.74. The Morgan fingerprint density at radius 1 is 1.03 bits per heavy atom. The lowest BCUT2D eigenvalue weighted by molar-refractivity contribution is -0.143. The SMILES string of the molecule is CC(C)(C)c1ccc(CC(C2CCC(C(=O)O)CC2)n2c(=O)[nH]c3ccccc3c2=O)cc1. The number of fused-ring (bicyclic) bond motifs is 1. The summed E-state index contributed by atoms with van der Waals surface area (Å²) in [6.45, 7) is 6.50. The number of benzene rings is 2. The van der Waals surface area contributed by atoms with Crippen LogP contribution in [0.25, 0.3) is 10.9 Å². The van der Waals surface area contributed by atoms with Crippen molar-refractivity contribution in [1.29, 1.82) is 0 Å². The van der Waals surface area contributed by atoms with E-state index < -0.39 is 11.7 Å². The van der Waals surface area contributed by atoms with Crippen LogP contribution < -0.4 is 11.2 Å². The van der Waals surface area contributed by atoms with Crippen LogP contribution in [0.2, 0.25) is 0 Å². The Morgan fingerprint density at radius 2 is 1.67 bits per heavy atom. The second kappa shape index (κ2) is 9.00. The highest BCUT2D eigenvalue weighted by Gasteiger charge is 2.33. The first-order chi connectivity index (χ1) is 15.6. The molecule has 2 aromatic carbocycles. The molecule has 4 rings (SSSR count). The van der Waals surface area contributed by atoms with Crippen molar-refractivity contribution >= 4 is 16.9 Å². The Morgan fingerprint density at radius 3 is 2.27 bits per heavy atom. The second-order valence-corrected chi connectivity index (χ2v) is 10.3. The Kier molecular flexibility index (Phi) is 6.28. The van der Waals surface area contributed by atoms with Gasteiger partial charge in [0.2, 0.25) is 0 Å². The molecule has 0 amide bonds. The number of hydrogen-bond acceptors (Lipinski definition) is 3. The molecular formula is C27H32N2O4. The van der Waals surface area contributed by atoms with E-state index in [1.54, 1.807) is 24.3 Å². The molecule has 0 aliphatic heterocycles. The van der Waals surface area contributed by atoms with E-state index in [1.807, 2.05) is 0 Å². The first kappa shape index (κ1) is 23.0. The third-order valence-electron chi connectivity index (χ3n) is 7.10. The van der Waals surface area contributed by atoms with Gasteiger partial charge in [0.05, 0.1) is 16.8 Å². The Bertz CT molecular complexity index is 1260. The summed E-state index contributed by atoms with van der Waals surface area (Å²) in [6.07, 6.45) is 3.05. The van der Waals surface area contributed by atoms with Crippen LogP contribution in [0.3, 0.4) is 0 Å². The molecule has 33 heavy (non-hydrogen) atoms. The molecule has 0 radical (unpaired) electrons. The van der Waals surface area contributed by atoms with Crippen LogP contribution in [0.4, 0.5) is 0 Å². The summed E-state index contributed by atoms with van der Waals surface area (Å²) in [7, 11) is 0. The monoisotopic (exact) mass is 448 g/mol. The highest BCUT2D eigenvalue weighted by atomic mass is 16.4. The number of carboxylic acid groups (broad SMARTS) is 1. The first-order valence-corrected chi connectivity index (χ1v) is 11.7. The minimum Gasteiger partial charge on any atom is -0.481 e. The molecule has 1 atom stereocenters. The normalized spacial score (nSPS) is 20.0. The maximum absolute atomic E-state index is 13.4. The van der Waals surface area contributed by atoms with Crippen LogP contribution in [0.5, 0.6) is 0 Å². The van der Waals surface area contributed by atoms with E-state index in [1.165, 1.54) is 10.1 Å². The molecule has 0 saturated heterocycles. The maximum Gasteiger partial charge on any atom is 0.329 e. The zero-order valence-electron chi connectivity index (χ0n) is 19.5. The molecule has 0 bridgehead atoms. The molecule has 1 aliphatic carbocycles. The van der Waals surface area contributed by atoms with E-state index in [0.717, 1.165) is 5.56 Å². The second-order valence-electron chi connectivity index (χ2n) is 10.3. The van der Waals surface area contributed by atoms with Crippen LogP contribution in [0.15, 0.2) is 58.1 Å². The lowest BCUT2D eigenvalue weighted by Crippen LogP contribution is -2.42. The maximum atomic E-state index is 13.4. The Hall–Kier alpha value is -3.15. The van der Waals surface area contributed by atoms with Gasteiger partial charge in [0, 0.05) is 6.04 Å². The van der Waals surface area contributed by atoms with Gasteiger partial charge in [0.1, 0.15) is 0 Å². The van der Waals surface area contributed by atoms with Gasteiger partial charge in [-0.25, -0.2) is 4.79 Å². The average molecular weight is 449 g/mol. The lowest BCUT2D eigenvalue weighted by atomic mass is 9.76. The van der Waals surface area contributed by atoms with Gasteiger partial charge in [-0.3, -0.25) is 14.2 Å². The molecule has 174 valence electrons. The molecular weight excluding hydrogens is 416 g/mol. The highest BCUT2D eigenvalue weighted by Crippen LogP contribution is 2.37. The largest absolute Gasteiger partial charge is 0.481 e. The van der Waals surface area contributed by atoms with Crippen LogP contribution in [-0.4, -0.2) is 20.6 Å². The minimum atomic E-state index is -0.761. The number of aromatic nitrogens is 2. The van der Waals surface area contributed by atoms with Gasteiger partial charge in [-0.05, 0) is 66.7 Å². The summed E-state index contributed by atoms with van der Waals surface area (Å²) in [5, 5.41) is 9.89. The van der Waals surface area contributed by atoms with Crippen molar-refractivity contribution in [3.05, 3.63) is 80.5 Å². The smallest absolute Gasteiger partial charge is 0.329 e. The van der Waals surface area contributed by atoms with Crippen molar-refractivity contribution in [2.75, 3.05) is 0 Å². The quantitative estimate of drug-likeness (QED) is 0.594. The summed E-state index contributed by atoms with van der Waals surface area (Å²) >= 11 is 0. The number of para-hydroxylation sites is 1. The molecule has 1 unspecified atom stereocenters. The van der Waals surface area contributed by atoms with Gasteiger partial charge in [-0.2, -0.15) is 0 Å². The average Bonchev–Trinajstić information content (AvgIpc) is 2.78. The van der Waals surface area contributed by atoms with Crippen molar-refractivity contribution in [2.24, 2.45) is 11.8 Å². The molecule has 1 aliphatic rings. The molecule has 0 spiro atoms. The number of rotatable bonds is 5. The molecule has 3 aromatic rings. The molecule has 6 heteroatoms. The fourth-order valence-corrected chi connectivity index (χ4v) is 5.08. The van der Waals surface area contributed by atoms with Crippen molar-refractivity contribution in [1.82, 2.24) is 9.55 Å². The summed E-state index contributed by atoms with van der Waals surface area (Å²) in [4.78, 5) is 40.9. The summed E-state index contributed by atoms with van der Waals surface area (Å²) in [5.74, 6) is -1.05. The summed E-state index contributed by atoms with van der Waals surface area (Å²) < 4.78 is 1.38. The van der Waals surface area contributed by atoms with E-state index in [9.17, 15) is 19.5 Å². The summed E-state index contributed by atoms with van der Waals surface area (Å²) in [6, 6.07) is 15.1. The van der Waals surface area contributed by atoms with E-state index in [4.69, 9.17) is 0 Å². The Labute approximate surface area is 193 Å². The third kappa shape index (κ3) is 4.80. The third-order valence-corrected chi connectivity index (χ3v) is 7.10. The predicted molar refractivity (Wildman–Crippen MR) is 130 cm³/mol. The fraction of sp³-hybridized carbons (Fsp3) is 0.444. The van der Waals surface area contributed by atoms with Crippen molar-refractivity contribution < 1.29 is 9.90 Å². The first-order valence-electron chi connectivity index (χ1n) is 11.7. The molecule has 2 N–H and O–H groups in total. The number of nitrogens with one attached hydrogen (secondary N) is 1. The molecule has 1 heterocycles. The van der Waals surface area contributed by atoms with E-state index >= 15 is 0 Å². The van der Waals surface area contributed by atoms with Gasteiger partial charge < -0.3 is 10.1 Å². The molecule has 1 fully saturated rings. The van der Waals surface area contributed by atoms with Gasteiger partial charge in [-0.1, -0.05) is 57.2 Å². The van der Waals surface area contributed by atoms with Crippen molar-refractivity contribution in [3.8, 4) is 0 Å². The lowest BCUT2D eigenvalue weighted by Gasteiger charge is -2.33. The summed E-state index contributed by atoms with van der Waals surface area (Å²) in [5.41, 5.74) is 2.17. The predicted octanol–water partition coefficient (Wildman–Crippen LogP) is 4.66. The number of hydrogen-bond donors (Lipinski definition) is 2. The van der Waals surface area contributed by atoms with Crippen LogP contribution in [0, 0.1) is 11.8 Å². The van der Waals surface area contributed by atoms with E-state index in [0.29, 0.717) is 43.0 Å².